The number of ether oxygens (including phenoxy) is 1. The Bertz CT molecular complexity index is 141. The summed E-state index contributed by atoms with van der Waals surface area (Å²) in [7, 11) is 1.61. The van der Waals surface area contributed by atoms with E-state index in [1.807, 2.05) is 13.8 Å². The molecule has 0 saturated heterocycles. The Kier molecular flexibility index (Phi) is 4.37. The van der Waals surface area contributed by atoms with Gasteiger partial charge in [-0.3, -0.25) is 0 Å². The summed E-state index contributed by atoms with van der Waals surface area (Å²) in [6.07, 6.45) is 0. The molecular formula is C7H14N2O. The van der Waals surface area contributed by atoms with Crippen LogP contribution in [-0.4, -0.2) is 20.4 Å². The van der Waals surface area contributed by atoms with Gasteiger partial charge in [0, 0.05) is 6.54 Å². The third-order valence-electron chi connectivity index (χ3n) is 1.14. The highest BCUT2D eigenvalue weighted by Gasteiger charge is 1.95. The van der Waals surface area contributed by atoms with E-state index in [1.165, 1.54) is 0 Å². The van der Waals surface area contributed by atoms with Crippen LogP contribution in [0.25, 0.3) is 0 Å². The van der Waals surface area contributed by atoms with Gasteiger partial charge in [-0.05, 0) is 20.6 Å². The average Bonchev–Trinajstić information content (AvgIpc) is 1.99. The molecule has 58 valence electrons. The van der Waals surface area contributed by atoms with Crippen LogP contribution in [0.3, 0.4) is 0 Å². The Hall–Kier alpha value is -0.990. The lowest BCUT2D eigenvalue weighted by Crippen LogP contribution is -2.12. The number of hydrogen-bond donors (Lipinski definition) is 1. The first-order valence-corrected chi connectivity index (χ1v) is 3.21. The Morgan fingerprint density at radius 2 is 2.30 bits per heavy atom. The normalized spacial score (nSPS) is 11.9. The van der Waals surface area contributed by atoms with Gasteiger partial charge < -0.3 is 10.1 Å². The number of nitrogens with one attached hydrogen (secondary N) is 1. The predicted molar refractivity (Wildman–Crippen MR) is 42.9 cm³/mol. The summed E-state index contributed by atoms with van der Waals surface area (Å²) in [6, 6.07) is 0. The van der Waals surface area contributed by atoms with Crippen molar-refractivity contribution in [3.8, 4) is 0 Å². The number of methoxy groups -OCH3 is 1. The number of aliphatic imine (C=N–C) groups is 1. The van der Waals surface area contributed by atoms with Crippen molar-refractivity contribution in [3.05, 3.63) is 11.6 Å². The zero-order chi connectivity index (χ0) is 7.98. The number of hydrogen-bond acceptors (Lipinski definition) is 3. The lowest BCUT2D eigenvalue weighted by atomic mass is 10.5. The molecule has 0 aromatic heterocycles. The maximum Gasteiger partial charge on any atom is 0.163 e. The monoisotopic (exact) mass is 142 g/mol. The lowest BCUT2D eigenvalue weighted by molar-refractivity contribution is 0.285. The Morgan fingerprint density at radius 3 is 2.60 bits per heavy atom. The van der Waals surface area contributed by atoms with Gasteiger partial charge in [-0.1, -0.05) is 0 Å². The molecule has 0 spiro atoms. The van der Waals surface area contributed by atoms with Crippen molar-refractivity contribution in [2.75, 3.05) is 13.7 Å². The van der Waals surface area contributed by atoms with Crippen LogP contribution < -0.4 is 5.32 Å². The SMILES string of the molecule is C=N/C(NCC)=C(\C)OC. The van der Waals surface area contributed by atoms with Crippen molar-refractivity contribution in [3.63, 3.8) is 0 Å². The number of rotatable bonds is 4. The second-order valence-electron chi connectivity index (χ2n) is 1.80. The van der Waals surface area contributed by atoms with Gasteiger partial charge in [0.25, 0.3) is 0 Å². The van der Waals surface area contributed by atoms with Gasteiger partial charge in [-0.2, -0.15) is 0 Å². The average molecular weight is 142 g/mol. The molecule has 0 aromatic carbocycles. The van der Waals surface area contributed by atoms with Crippen LogP contribution >= 0.6 is 0 Å². The molecule has 0 aliphatic rings. The fraction of sp³-hybridized carbons (Fsp3) is 0.571. The van der Waals surface area contributed by atoms with Crippen LogP contribution in [0.15, 0.2) is 16.6 Å². The summed E-state index contributed by atoms with van der Waals surface area (Å²) in [6.45, 7) is 8.06. The van der Waals surface area contributed by atoms with Crippen molar-refractivity contribution in [1.29, 1.82) is 0 Å². The summed E-state index contributed by atoms with van der Waals surface area (Å²) in [5.74, 6) is 1.47. The minimum Gasteiger partial charge on any atom is -0.498 e. The highest BCUT2D eigenvalue weighted by Crippen LogP contribution is 2.00. The van der Waals surface area contributed by atoms with Crippen molar-refractivity contribution in [1.82, 2.24) is 5.32 Å². The second kappa shape index (κ2) is 4.85. The fourth-order valence-electron chi connectivity index (χ4n) is 0.556. The van der Waals surface area contributed by atoms with E-state index in [0.29, 0.717) is 5.82 Å². The molecule has 3 nitrogen and oxygen atoms in total. The largest absolute Gasteiger partial charge is 0.498 e. The summed E-state index contributed by atoms with van der Waals surface area (Å²) in [5.41, 5.74) is 0. The molecule has 0 amide bonds. The molecule has 0 aliphatic heterocycles. The highest BCUT2D eigenvalue weighted by molar-refractivity contribution is 5.29. The van der Waals surface area contributed by atoms with E-state index >= 15 is 0 Å². The van der Waals surface area contributed by atoms with E-state index in [4.69, 9.17) is 4.74 Å². The molecule has 10 heavy (non-hydrogen) atoms. The van der Waals surface area contributed by atoms with Crippen LogP contribution in [-0.2, 0) is 4.74 Å². The summed E-state index contributed by atoms with van der Waals surface area (Å²) in [5, 5.41) is 3.01. The Balaban J connectivity index is 4.14. The van der Waals surface area contributed by atoms with E-state index in [1.54, 1.807) is 7.11 Å². The van der Waals surface area contributed by atoms with Crippen molar-refractivity contribution in [2.45, 2.75) is 13.8 Å². The molecule has 0 aliphatic carbocycles. The molecule has 0 atom stereocenters. The van der Waals surface area contributed by atoms with Gasteiger partial charge in [0.1, 0.15) is 5.76 Å². The van der Waals surface area contributed by atoms with Crippen LogP contribution in [0.4, 0.5) is 0 Å². The van der Waals surface area contributed by atoms with Crippen molar-refractivity contribution >= 4 is 6.72 Å². The maximum absolute atomic E-state index is 4.94. The van der Waals surface area contributed by atoms with Gasteiger partial charge >= 0.3 is 0 Å². The number of nitrogens with zero attached hydrogens (tertiary/aromatic N) is 1. The van der Waals surface area contributed by atoms with Crippen molar-refractivity contribution < 1.29 is 4.74 Å². The first-order valence-electron chi connectivity index (χ1n) is 3.21. The summed E-state index contributed by atoms with van der Waals surface area (Å²) < 4.78 is 4.94. The first-order chi connectivity index (χ1) is 4.76. The lowest BCUT2D eigenvalue weighted by Gasteiger charge is -2.06. The third kappa shape index (κ3) is 2.53. The molecular weight excluding hydrogens is 128 g/mol. The van der Waals surface area contributed by atoms with Crippen LogP contribution in [0, 0.1) is 0 Å². The Morgan fingerprint density at radius 1 is 1.70 bits per heavy atom. The molecule has 0 heterocycles. The molecule has 0 saturated carbocycles. The standard InChI is InChI=1S/C7H14N2O/c1-5-9-7(8-3)6(2)10-4/h9H,3,5H2,1-2,4H3/b7-6-. The smallest absolute Gasteiger partial charge is 0.163 e. The first kappa shape index (κ1) is 9.01. The van der Waals surface area contributed by atoms with Gasteiger partial charge in [0.15, 0.2) is 5.82 Å². The Labute approximate surface area is 61.8 Å². The highest BCUT2D eigenvalue weighted by atomic mass is 16.5. The van der Waals surface area contributed by atoms with Crippen molar-refractivity contribution in [2.24, 2.45) is 4.99 Å². The van der Waals surface area contributed by atoms with Crippen LogP contribution in [0.2, 0.25) is 0 Å². The quantitative estimate of drug-likeness (QED) is 0.471. The van der Waals surface area contributed by atoms with Gasteiger partial charge in [-0.15, -0.1) is 0 Å². The predicted octanol–water partition coefficient (Wildman–Crippen LogP) is 1.13. The van der Waals surface area contributed by atoms with E-state index in [0.717, 1.165) is 12.3 Å². The zero-order valence-corrected chi connectivity index (χ0v) is 6.77. The minimum atomic E-state index is 0.713. The third-order valence-corrected chi connectivity index (χ3v) is 1.14. The summed E-state index contributed by atoms with van der Waals surface area (Å²) in [4.78, 5) is 3.74. The maximum atomic E-state index is 4.94. The molecule has 0 unspecified atom stereocenters. The van der Waals surface area contributed by atoms with E-state index in [9.17, 15) is 0 Å². The van der Waals surface area contributed by atoms with Gasteiger partial charge in [-0.25, -0.2) is 4.99 Å². The molecule has 3 heteroatoms. The number of allylic oxidation sites excluding steroid dienone is 1. The summed E-state index contributed by atoms with van der Waals surface area (Å²) >= 11 is 0. The fourth-order valence-corrected chi connectivity index (χ4v) is 0.556. The minimum absolute atomic E-state index is 0.713. The molecule has 0 fully saturated rings. The zero-order valence-electron chi connectivity index (χ0n) is 6.77. The molecule has 1 N–H and O–H groups in total. The van der Waals surface area contributed by atoms with E-state index < -0.39 is 0 Å². The van der Waals surface area contributed by atoms with Crippen LogP contribution in [0.5, 0.6) is 0 Å². The van der Waals surface area contributed by atoms with E-state index in [2.05, 4.69) is 17.0 Å². The van der Waals surface area contributed by atoms with Crippen LogP contribution in [0.1, 0.15) is 13.8 Å². The molecule has 0 aromatic rings. The van der Waals surface area contributed by atoms with Gasteiger partial charge in [0.2, 0.25) is 0 Å². The topological polar surface area (TPSA) is 33.6 Å². The molecule has 0 rings (SSSR count). The molecule has 0 radical (unpaired) electrons. The van der Waals surface area contributed by atoms with E-state index in [-0.39, 0.29) is 0 Å². The molecule has 0 bridgehead atoms. The van der Waals surface area contributed by atoms with Gasteiger partial charge in [0.05, 0.1) is 7.11 Å². The second-order valence-corrected chi connectivity index (χ2v) is 1.80.